The van der Waals surface area contributed by atoms with E-state index in [0.717, 1.165) is 74.5 Å². The van der Waals surface area contributed by atoms with Gasteiger partial charge in [-0.2, -0.15) is 5.10 Å². The van der Waals surface area contributed by atoms with Gasteiger partial charge >= 0.3 is 0 Å². The van der Waals surface area contributed by atoms with E-state index >= 15 is 0 Å². The SMILES string of the molecule is C=C(c1cnn(Cc2ccccc2)c1NC(=O)C1CCNCC1)N1CCC2(CCc3ccccc32)CC1.CC.CC. The number of likely N-dealkylation sites (tertiary alicyclic amines) is 1. The molecule has 1 spiro atoms. The van der Waals surface area contributed by atoms with Crippen molar-refractivity contribution in [1.82, 2.24) is 20.0 Å². The number of rotatable bonds is 6. The zero-order valence-electron chi connectivity index (χ0n) is 25.6. The van der Waals surface area contributed by atoms with Gasteiger partial charge in [0.05, 0.1) is 18.3 Å². The van der Waals surface area contributed by atoms with Crippen molar-refractivity contribution in [3.05, 3.63) is 89.6 Å². The number of nitrogens with zero attached hydrogens (tertiary/aromatic N) is 3. The highest BCUT2D eigenvalue weighted by molar-refractivity contribution is 5.94. The highest BCUT2D eigenvalue weighted by atomic mass is 16.2. The fourth-order valence-corrected chi connectivity index (χ4v) is 6.57. The third kappa shape index (κ3) is 6.75. The second kappa shape index (κ2) is 14.5. The van der Waals surface area contributed by atoms with Crippen LogP contribution in [-0.2, 0) is 23.2 Å². The highest BCUT2D eigenvalue weighted by Gasteiger charge is 2.41. The molecule has 0 saturated carbocycles. The number of hydrogen-bond acceptors (Lipinski definition) is 4. The van der Waals surface area contributed by atoms with Gasteiger partial charge in [-0.05, 0) is 73.7 Å². The maximum atomic E-state index is 13.3. The minimum atomic E-state index is 0.0275. The minimum absolute atomic E-state index is 0.0275. The first-order valence-corrected chi connectivity index (χ1v) is 15.8. The number of benzene rings is 2. The largest absolute Gasteiger partial charge is 0.371 e. The molecule has 6 nitrogen and oxygen atoms in total. The quantitative estimate of drug-likeness (QED) is 0.348. The highest BCUT2D eigenvalue weighted by Crippen LogP contribution is 2.47. The number of aromatic nitrogens is 2. The Morgan fingerprint density at radius 1 is 0.976 bits per heavy atom. The summed E-state index contributed by atoms with van der Waals surface area (Å²) in [6, 6.07) is 19.3. The lowest BCUT2D eigenvalue weighted by Crippen LogP contribution is -2.40. The molecular formula is C35H49N5O. The molecule has 1 aromatic heterocycles. The van der Waals surface area contributed by atoms with Crippen LogP contribution in [0.5, 0.6) is 0 Å². The number of piperidine rings is 2. The molecule has 1 aliphatic carbocycles. The Labute approximate surface area is 247 Å². The smallest absolute Gasteiger partial charge is 0.228 e. The number of amides is 1. The predicted molar refractivity (Wildman–Crippen MR) is 171 cm³/mol. The van der Waals surface area contributed by atoms with Crippen LogP contribution in [-0.4, -0.2) is 46.8 Å². The van der Waals surface area contributed by atoms with E-state index < -0.39 is 0 Å². The number of carbonyl (C=O) groups is 1. The van der Waals surface area contributed by atoms with Crippen LogP contribution in [0.2, 0.25) is 0 Å². The zero-order valence-corrected chi connectivity index (χ0v) is 25.6. The van der Waals surface area contributed by atoms with Gasteiger partial charge in [-0.3, -0.25) is 4.79 Å². The van der Waals surface area contributed by atoms with E-state index in [9.17, 15) is 4.79 Å². The summed E-state index contributed by atoms with van der Waals surface area (Å²) in [6.45, 7) is 16.8. The number of nitrogens with one attached hydrogen (secondary N) is 2. The Morgan fingerprint density at radius 3 is 2.34 bits per heavy atom. The third-order valence-corrected chi connectivity index (χ3v) is 8.84. The van der Waals surface area contributed by atoms with Crippen LogP contribution in [0.1, 0.15) is 82.1 Å². The predicted octanol–water partition coefficient (Wildman–Crippen LogP) is 6.87. The minimum Gasteiger partial charge on any atom is -0.371 e. The summed E-state index contributed by atoms with van der Waals surface area (Å²) in [7, 11) is 0. The number of hydrogen-bond donors (Lipinski definition) is 2. The number of aryl methyl sites for hydroxylation is 1. The van der Waals surface area contributed by atoms with Gasteiger partial charge < -0.3 is 15.5 Å². The monoisotopic (exact) mass is 555 g/mol. The normalized spacial score (nSPS) is 17.5. The van der Waals surface area contributed by atoms with Crippen molar-refractivity contribution in [2.45, 2.75) is 78.2 Å². The van der Waals surface area contributed by atoms with E-state index in [0.29, 0.717) is 12.0 Å². The van der Waals surface area contributed by atoms with Crippen molar-refractivity contribution in [3.63, 3.8) is 0 Å². The number of fused-ring (bicyclic) bond motifs is 2. The summed E-state index contributed by atoms with van der Waals surface area (Å²) in [5.74, 6) is 0.883. The maximum Gasteiger partial charge on any atom is 0.228 e. The molecule has 2 aliphatic heterocycles. The third-order valence-electron chi connectivity index (χ3n) is 8.84. The van der Waals surface area contributed by atoms with Crippen LogP contribution in [0.25, 0.3) is 5.70 Å². The number of anilines is 1. The first kappa shape index (κ1) is 30.6. The Morgan fingerprint density at radius 2 is 1.63 bits per heavy atom. The van der Waals surface area contributed by atoms with E-state index in [4.69, 9.17) is 5.10 Å². The van der Waals surface area contributed by atoms with Crippen molar-refractivity contribution >= 4 is 17.4 Å². The summed E-state index contributed by atoms with van der Waals surface area (Å²) in [5, 5.41) is 11.4. The van der Waals surface area contributed by atoms with E-state index in [1.54, 1.807) is 5.56 Å². The van der Waals surface area contributed by atoms with Gasteiger partial charge in [0.2, 0.25) is 5.91 Å². The van der Waals surface area contributed by atoms with E-state index in [1.807, 2.05) is 56.8 Å². The van der Waals surface area contributed by atoms with Crippen LogP contribution < -0.4 is 10.6 Å². The average Bonchev–Trinajstić information content (AvgIpc) is 3.61. The molecule has 0 atom stereocenters. The topological polar surface area (TPSA) is 62.2 Å². The standard InChI is InChI=1S/C31H37N5O.2C2H6/c1-23(35-19-15-31(16-20-35)14-11-25-9-5-6-10-28(25)31)27-21-33-36(22-24-7-3-2-4-8-24)29(27)34-30(37)26-12-17-32-18-13-26;2*1-2/h2-10,21,26,32H,1,11-20,22H2,(H,34,37);2*1-2H3. The molecule has 2 N–H and O–H groups in total. The molecule has 0 bridgehead atoms. The summed E-state index contributed by atoms with van der Waals surface area (Å²) in [5.41, 5.74) is 6.43. The first-order chi connectivity index (χ1) is 20.1. The summed E-state index contributed by atoms with van der Waals surface area (Å²) in [6.07, 6.45) is 8.33. The summed E-state index contributed by atoms with van der Waals surface area (Å²) < 4.78 is 1.92. The molecule has 41 heavy (non-hydrogen) atoms. The molecule has 0 unspecified atom stereocenters. The van der Waals surface area contributed by atoms with Gasteiger partial charge in [0.15, 0.2) is 0 Å². The molecule has 0 radical (unpaired) electrons. The molecule has 6 rings (SSSR count). The molecule has 2 aromatic carbocycles. The van der Waals surface area contributed by atoms with E-state index in [1.165, 1.54) is 18.4 Å². The van der Waals surface area contributed by atoms with Crippen molar-refractivity contribution in [3.8, 4) is 0 Å². The Kier molecular flexibility index (Phi) is 10.8. The molecule has 1 amide bonds. The van der Waals surface area contributed by atoms with Gasteiger partial charge in [0.25, 0.3) is 0 Å². The van der Waals surface area contributed by atoms with Gasteiger partial charge in [-0.1, -0.05) is 88.9 Å². The lowest BCUT2D eigenvalue weighted by Gasteiger charge is -2.42. The molecule has 6 heteroatoms. The molecule has 3 aromatic rings. The average molecular weight is 556 g/mol. The molecule has 2 fully saturated rings. The van der Waals surface area contributed by atoms with Crippen molar-refractivity contribution in [2.24, 2.45) is 5.92 Å². The molecule has 220 valence electrons. The fraction of sp³-hybridized carbons (Fsp3) is 0.486. The molecule has 3 aliphatic rings. The van der Waals surface area contributed by atoms with Crippen molar-refractivity contribution < 1.29 is 4.79 Å². The van der Waals surface area contributed by atoms with E-state index in [-0.39, 0.29) is 11.8 Å². The lowest BCUT2D eigenvalue weighted by atomic mass is 9.73. The van der Waals surface area contributed by atoms with Crippen LogP contribution >= 0.6 is 0 Å². The van der Waals surface area contributed by atoms with Crippen LogP contribution in [0.3, 0.4) is 0 Å². The summed E-state index contributed by atoms with van der Waals surface area (Å²) in [4.78, 5) is 15.7. The first-order valence-electron chi connectivity index (χ1n) is 15.8. The van der Waals surface area contributed by atoms with E-state index in [2.05, 4.69) is 58.5 Å². The second-order valence-corrected chi connectivity index (χ2v) is 10.9. The van der Waals surface area contributed by atoms with Crippen LogP contribution in [0, 0.1) is 5.92 Å². The maximum absolute atomic E-state index is 13.3. The molecule has 3 heterocycles. The van der Waals surface area contributed by atoms with Gasteiger partial charge in [-0.15, -0.1) is 0 Å². The Balaban J connectivity index is 0.000000929. The summed E-state index contributed by atoms with van der Waals surface area (Å²) >= 11 is 0. The van der Waals surface area contributed by atoms with Gasteiger partial charge in [-0.25, -0.2) is 4.68 Å². The van der Waals surface area contributed by atoms with Crippen molar-refractivity contribution in [2.75, 3.05) is 31.5 Å². The van der Waals surface area contributed by atoms with Gasteiger partial charge in [0, 0.05) is 24.7 Å². The van der Waals surface area contributed by atoms with Crippen molar-refractivity contribution in [1.29, 1.82) is 0 Å². The molecule has 2 saturated heterocycles. The van der Waals surface area contributed by atoms with Crippen LogP contribution in [0.15, 0.2) is 67.4 Å². The molecular weight excluding hydrogens is 506 g/mol. The van der Waals surface area contributed by atoms with Crippen LogP contribution in [0.4, 0.5) is 5.82 Å². The lowest BCUT2D eigenvalue weighted by molar-refractivity contribution is -0.120. The number of carbonyl (C=O) groups excluding carboxylic acids is 1. The van der Waals surface area contributed by atoms with Gasteiger partial charge in [0.1, 0.15) is 5.82 Å². The fourth-order valence-electron chi connectivity index (χ4n) is 6.57. The second-order valence-electron chi connectivity index (χ2n) is 10.9. The Hall–Kier alpha value is -3.38. The Bertz CT molecular complexity index is 1270. The zero-order chi connectivity index (χ0) is 29.2.